The van der Waals surface area contributed by atoms with Gasteiger partial charge in [0.2, 0.25) is 0 Å². The van der Waals surface area contributed by atoms with Crippen LogP contribution in [-0.4, -0.2) is 42.8 Å². The number of aliphatic hydroxyl groups is 1. The Balaban J connectivity index is 2.06. The van der Waals surface area contributed by atoms with Crippen molar-refractivity contribution in [2.24, 2.45) is 0 Å². The molecular weight excluding hydrogens is 208 g/mol. The normalized spacial score (nSPS) is 12.9. The van der Waals surface area contributed by atoms with Gasteiger partial charge in [0.1, 0.15) is 0 Å². The van der Waals surface area contributed by atoms with E-state index in [1.165, 1.54) is 0 Å². The van der Waals surface area contributed by atoms with Crippen LogP contribution >= 0.6 is 0 Å². The number of nitrogens with zero attached hydrogens (tertiary/aromatic N) is 5. The van der Waals surface area contributed by atoms with Gasteiger partial charge in [0.15, 0.2) is 11.5 Å². The van der Waals surface area contributed by atoms with Crippen LogP contribution in [0.3, 0.4) is 0 Å². The number of aromatic nitrogens is 5. The largest absolute Gasteiger partial charge is 0.391 e. The molecule has 0 radical (unpaired) electrons. The minimum absolute atomic E-state index is 0.364. The Morgan fingerprint density at radius 1 is 1.50 bits per heavy atom. The zero-order chi connectivity index (χ0) is 11.4. The lowest BCUT2D eigenvalue weighted by molar-refractivity contribution is 0.176. The summed E-state index contributed by atoms with van der Waals surface area (Å²) in [6, 6.07) is 0. The summed E-state index contributed by atoms with van der Waals surface area (Å²) < 4.78 is 1.55. The Hall–Kier alpha value is -1.76. The monoisotopic (exact) mass is 222 g/mol. The van der Waals surface area contributed by atoms with E-state index in [0.29, 0.717) is 18.0 Å². The van der Waals surface area contributed by atoms with Gasteiger partial charge in [0.05, 0.1) is 18.5 Å². The quantitative estimate of drug-likeness (QED) is 0.745. The Morgan fingerprint density at radius 3 is 3.19 bits per heavy atom. The molecule has 2 heterocycles. The van der Waals surface area contributed by atoms with E-state index in [0.717, 1.165) is 12.8 Å². The van der Waals surface area contributed by atoms with Gasteiger partial charge < -0.3 is 10.4 Å². The number of fused-ring (bicyclic) bond motifs is 1. The summed E-state index contributed by atoms with van der Waals surface area (Å²) >= 11 is 0. The zero-order valence-corrected chi connectivity index (χ0v) is 9.04. The molecule has 0 aromatic carbocycles. The van der Waals surface area contributed by atoms with Crippen molar-refractivity contribution in [3.8, 4) is 0 Å². The fourth-order valence-electron chi connectivity index (χ4n) is 1.45. The molecule has 0 spiro atoms. The van der Waals surface area contributed by atoms with E-state index in [-0.39, 0.29) is 6.10 Å². The Bertz CT molecular complexity index is 456. The van der Waals surface area contributed by atoms with Crippen molar-refractivity contribution in [1.82, 2.24) is 25.0 Å². The molecule has 0 amide bonds. The van der Waals surface area contributed by atoms with Gasteiger partial charge in [-0.3, -0.25) is 4.98 Å². The Kier molecular flexibility index (Phi) is 3.25. The van der Waals surface area contributed by atoms with Gasteiger partial charge in [-0.15, -0.1) is 5.10 Å². The smallest absolute Gasteiger partial charge is 0.199 e. The number of aliphatic hydroxyl groups excluding tert-OH is 1. The molecule has 0 bridgehead atoms. The molecule has 1 atom stereocenters. The highest BCUT2D eigenvalue weighted by Crippen LogP contribution is 2.06. The van der Waals surface area contributed by atoms with E-state index in [1.807, 2.05) is 6.92 Å². The second-order valence-corrected chi connectivity index (χ2v) is 3.56. The van der Waals surface area contributed by atoms with Crippen LogP contribution in [0.2, 0.25) is 0 Å². The van der Waals surface area contributed by atoms with E-state index in [1.54, 1.807) is 16.9 Å². The summed E-state index contributed by atoms with van der Waals surface area (Å²) in [5, 5.41) is 23.8. The fourth-order valence-corrected chi connectivity index (χ4v) is 1.45. The molecule has 7 heteroatoms. The molecule has 7 nitrogen and oxygen atoms in total. The summed E-state index contributed by atoms with van der Waals surface area (Å²) in [7, 11) is 0. The van der Waals surface area contributed by atoms with Gasteiger partial charge in [0, 0.05) is 6.54 Å². The van der Waals surface area contributed by atoms with Crippen LogP contribution in [0.1, 0.15) is 19.8 Å². The first kappa shape index (κ1) is 10.7. The van der Waals surface area contributed by atoms with Crippen LogP contribution in [0.25, 0.3) is 5.65 Å². The second-order valence-electron chi connectivity index (χ2n) is 3.56. The van der Waals surface area contributed by atoms with Crippen LogP contribution in [0.4, 0.5) is 5.82 Å². The zero-order valence-electron chi connectivity index (χ0n) is 9.04. The van der Waals surface area contributed by atoms with Crippen LogP contribution in [0, 0.1) is 0 Å². The standard InChI is InChI=1S/C9H14N6O/c1-2-3-7(16)4-11-8-5-10-6-9-12-13-14-15(8)9/h5-7,11,16H,2-4H2,1H3. The molecule has 0 saturated carbocycles. The van der Waals surface area contributed by atoms with Crippen LogP contribution in [0.5, 0.6) is 0 Å². The lowest BCUT2D eigenvalue weighted by atomic mass is 10.2. The molecule has 0 aliphatic heterocycles. The van der Waals surface area contributed by atoms with Crippen molar-refractivity contribution in [2.45, 2.75) is 25.9 Å². The average Bonchev–Trinajstić information content (AvgIpc) is 2.75. The third-order valence-corrected chi connectivity index (χ3v) is 2.25. The summed E-state index contributed by atoms with van der Waals surface area (Å²) in [5.41, 5.74) is 0.579. The maximum absolute atomic E-state index is 9.59. The van der Waals surface area contributed by atoms with E-state index < -0.39 is 0 Å². The average molecular weight is 222 g/mol. The van der Waals surface area contributed by atoms with Gasteiger partial charge in [-0.25, -0.2) is 0 Å². The third-order valence-electron chi connectivity index (χ3n) is 2.25. The highest BCUT2D eigenvalue weighted by atomic mass is 16.3. The lowest BCUT2D eigenvalue weighted by Crippen LogP contribution is -2.20. The number of nitrogens with one attached hydrogen (secondary N) is 1. The molecule has 2 N–H and O–H groups in total. The summed E-state index contributed by atoms with van der Waals surface area (Å²) in [6.45, 7) is 2.50. The van der Waals surface area contributed by atoms with E-state index >= 15 is 0 Å². The van der Waals surface area contributed by atoms with E-state index in [4.69, 9.17) is 0 Å². The van der Waals surface area contributed by atoms with Crippen molar-refractivity contribution in [3.05, 3.63) is 12.4 Å². The second kappa shape index (κ2) is 4.84. The molecule has 0 fully saturated rings. The molecule has 0 aliphatic rings. The number of hydrogen-bond donors (Lipinski definition) is 2. The SMILES string of the molecule is CCCC(O)CNc1cncc2nnnn12. The van der Waals surface area contributed by atoms with Gasteiger partial charge in [-0.1, -0.05) is 13.3 Å². The predicted molar refractivity (Wildman–Crippen MR) is 58.0 cm³/mol. The lowest BCUT2D eigenvalue weighted by Gasteiger charge is -2.11. The first-order chi connectivity index (χ1) is 7.81. The first-order valence-electron chi connectivity index (χ1n) is 5.25. The molecule has 1 unspecified atom stereocenters. The van der Waals surface area contributed by atoms with Gasteiger partial charge in [-0.2, -0.15) is 4.52 Å². The van der Waals surface area contributed by atoms with Crippen molar-refractivity contribution in [2.75, 3.05) is 11.9 Å². The molecule has 86 valence electrons. The molecule has 2 aromatic heterocycles. The van der Waals surface area contributed by atoms with Crippen molar-refractivity contribution >= 4 is 11.5 Å². The Labute approximate surface area is 92.5 Å². The number of hydrogen-bond acceptors (Lipinski definition) is 6. The van der Waals surface area contributed by atoms with Crippen LogP contribution in [0.15, 0.2) is 12.4 Å². The van der Waals surface area contributed by atoms with Crippen molar-refractivity contribution in [3.63, 3.8) is 0 Å². The van der Waals surface area contributed by atoms with Gasteiger partial charge >= 0.3 is 0 Å². The summed E-state index contributed by atoms with van der Waals surface area (Å²) in [5.74, 6) is 0.678. The highest BCUT2D eigenvalue weighted by molar-refractivity contribution is 5.43. The topological polar surface area (TPSA) is 88.2 Å². The number of tetrazole rings is 1. The molecule has 16 heavy (non-hydrogen) atoms. The first-order valence-corrected chi connectivity index (χ1v) is 5.25. The van der Waals surface area contributed by atoms with E-state index in [9.17, 15) is 5.11 Å². The third kappa shape index (κ3) is 2.25. The molecular formula is C9H14N6O. The van der Waals surface area contributed by atoms with E-state index in [2.05, 4.69) is 25.8 Å². The molecule has 0 saturated heterocycles. The van der Waals surface area contributed by atoms with Crippen molar-refractivity contribution < 1.29 is 5.11 Å². The fraction of sp³-hybridized carbons (Fsp3) is 0.556. The molecule has 2 aromatic rings. The van der Waals surface area contributed by atoms with Gasteiger partial charge in [-0.05, 0) is 16.8 Å². The van der Waals surface area contributed by atoms with Crippen molar-refractivity contribution in [1.29, 1.82) is 0 Å². The summed E-state index contributed by atoms with van der Waals surface area (Å²) in [6.07, 6.45) is 4.56. The van der Waals surface area contributed by atoms with Gasteiger partial charge in [0.25, 0.3) is 0 Å². The molecule has 0 aliphatic carbocycles. The number of rotatable bonds is 5. The molecule has 2 rings (SSSR count). The van der Waals surface area contributed by atoms with Crippen LogP contribution < -0.4 is 5.32 Å². The Morgan fingerprint density at radius 2 is 2.38 bits per heavy atom. The maximum atomic E-state index is 9.59. The minimum atomic E-state index is -0.364. The minimum Gasteiger partial charge on any atom is -0.391 e. The predicted octanol–water partition coefficient (Wildman–Crippen LogP) is 0.0922. The van der Waals surface area contributed by atoms with Crippen LogP contribution in [-0.2, 0) is 0 Å². The summed E-state index contributed by atoms with van der Waals surface area (Å²) in [4.78, 5) is 4.00. The number of anilines is 1. The highest BCUT2D eigenvalue weighted by Gasteiger charge is 2.06. The maximum Gasteiger partial charge on any atom is 0.199 e.